The van der Waals surface area contributed by atoms with Gasteiger partial charge < -0.3 is 9.84 Å². The fourth-order valence-electron chi connectivity index (χ4n) is 2.93. The third-order valence-electron chi connectivity index (χ3n) is 4.32. The van der Waals surface area contributed by atoms with Crippen molar-refractivity contribution in [1.29, 1.82) is 0 Å². The molecular formula is C16H29N3OS. The first-order chi connectivity index (χ1) is 10.2. The van der Waals surface area contributed by atoms with Crippen LogP contribution in [0.1, 0.15) is 76.9 Å². The Morgan fingerprint density at radius 2 is 2.10 bits per heavy atom. The second kappa shape index (κ2) is 8.79. The second-order valence-electron chi connectivity index (χ2n) is 6.02. The third-order valence-corrected chi connectivity index (χ3v) is 5.69. The summed E-state index contributed by atoms with van der Waals surface area (Å²) >= 11 is 1.99. The molecule has 5 heteroatoms. The van der Waals surface area contributed by atoms with Gasteiger partial charge in [0.2, 0.25) is 5.89 Å². The Balaban J connectivity index is 1.85. The highest BCUT2D eigenvalue weighted by Gasteiger charge is 2.23. The highest BCUT2D eigenvalue weighted by Crippen LogP contribution is 2.31. The summed E-state index contributed by atoms with van der Waals surface area (Å²) in [5, 5.41) is 8.54. The zero-order chi connectivity index (χ0) is 15.1. The lowest BCUT2D eigenvalue weighted by Gasteiger charge is -2.20. The van der Waals surface area contributed by atoms with Crippen molar-refractivity contribution in [1.82, 2.24) is 15.5 Å². The zero-order valence-electron chi connectivity index (χ0n) is 13.6. The van der Waals surface area contributed by atoms with Crippen molar-refractivity contribution < 1.29 is 4.52 Å². The van der Waals surface area contributed by atoms with Crippen molar-refractivity contribution in [3.05, 3.63) is 11.7 Å². The standard InChI is InChI=1S/C16H29N3OS/c1-4-10-17-14(5-2)12(3)16-18-15(19-20-16)11-21-13-8-6-7-9-13/h12-14,17H,4-11H2,1-3H3. The molecule has 0 radical (unpaired) electrons. The summed E-state index contributed by atoms with van der Waals surface area (Å²) in [4.78, 5) is 4.61. The average Bonchev–Trinajstić information content (AvgIpc) is 3.17. The molecule has 1 N–H and O–H groups in total. The van der Waals surface area contributed by atoms with Gasteiger partial charge in [0.15, 0.2) is 5.82 Å². The fraction of sp³-hybridized carbons (Fsp3) is 0.875. The van der Waals surface area contributed by atoms with Crippen LogP contribution in [0.5, 0.6) is 0 Å². The zero-order valence-corrected chi connectivity index (χ0v) is 14.4. The number of hydrogen-bond acceptors (Lipinski definition) is 5. The van der Waals surface area contributed by atoms with E-state index in [-0.39, 0.29) is 5.92 Å². The third kappa shape index (κ3) is 4.99. The number of nitrogens with zero attached hydrogens (tertiary/aromatic N) is 2. The maximum atomic E-state index is 5.49. The van der Waals surface area contributed by atoms with E-state index in [4.69, 9.17) is 4.52 Å². The van der Waals surface area contributed by atoms with Crippen LogP contribution in [0.3, 0.4) is 0 Å². The molecule has 1 saturated carbocycles. The predicted octanol–water partition coefficient (Wildman–Crippen LogP) is 4.13. The summed E-state index contributed by atoms with van der Waals surface area (Å²) < 4.78 is 5.49. The van der Waals surface area contributed by atoms with Gasteiger partial charge in [-0.25, -0.2) is 0 Å². The summed E-state index contributed by atoms with van der Waals surface area (Å²) in [6, 6.07) is 0.417. The maximum absolute atomic E-state index is 5.49. The minimum Gasteiger partial charge on any atom is -0.339 e. The molecule has 2 atom stereocenters. The van der Waals surface area contributed by atoms with Crippen LogP contribution >= 0.6 is 11.8 Å². The SMILES string of the molecule is CCCNC(CC)C(C)c1nc(CSC2CCCC2)no1. The fourth-order valence-corrected chi connectivity index (χ4v) is 4.10. The summed E-state index contributed by atoms with van der Waals surface area (Å²) in [5.41, 5.74) is 0. The van der Waals surface area contributed by atoms with E-state index in [1.54, 1.807) is 0 Å². The molecular weight excluding hydrogens is 282 g/mol. The molecule has 4 nitrogen and oxygen atoms in total. The van der Waals surface area contributed by atoms with Crippen LogP contribution in [0.4, 0.5) is 0 Å². The van der Waals surface area contributed by atoms with Gasteiger partial charge in [-0.05, 0) is 32.2 Å². The Bertz CT molecular complexity index is 404. The smallest absolute Gasteiger partial charge is 0.231 e. The van der Waals surface area contributed by atoms with Crippen molar-refractivity contribution in [2.45, 2.75) is 82.3 Å². The molecule has 21 heavy (non-hydrogen) atoms. The summed E-state index contributed by atoms with van der Waals surface area (Å²) in [5.74, 6) is 2.81. The Kier molecular flexibility index (Phi) is 7.04. The van der Waals surface area contributed by atoms with Gasteiger partial charge in [-0.3, -0.25) is 0 Å². The Hall–Kier alpha value is -0.550. The largest absolute Gasteiger partial charge is 0.339 e. The molecule has 0 bridgehead atoms. The minimum absolute atomic E-state index is 0.277. The molecule has 0 aliphatic heterocycles. The Morgan fingerprint density at radius 1 is 1.33 bits per heavy atom. The van der Waals surface area contributed by atoms with Gasteiger partial charge >= 0.3 is 0 Å². The molecule has 0 amide bonds. The predicted molar refractivity (Wildman–Crippen MR) is 88.6 cm³/mol. The Labute approximate surface area is 132 Å². The normalized spacial score (nSPS) is 19.0. The van der Waals surface area contributed by atoms with Crippen LogP contribution in [0.25, 0.3) is 0 Å². The van der Waals surface area contributed by atoms with Crippen LogP contribution < -0.4 is 5.32 Å². The minimum atomic E-state index is 0.277. The molecule has 1 aromatic heterocycles. The highest BCUT2D eigenvalue weighted by molar-refractivity contribution is 7.99. The first-order valence-electron chi connectivity index (χ1n) is 8.42. The molecule has 1 aliphatic carbocycles. The van der Waals surface area contributed by atoms with Gasteiger partial charge in [-0.2, -0.15) is 16.7 Å². The van der Waals surface area contributed by atoms with Crippen LogP contribution in [-0.4, -0.2) is 28.0 Å². The molecule has 0 spiro atoms. The van der Waals surface area contributed by atoms with E-state index in [0.29, 0.717) is 6.04 Å². The maximum Gasteiger partial charge on any atom is 0.231 e. The van der Waals surface area contributed by atoms with Gasteiger partial charge in [0, 0.05) is 11.3 Å². The number of nitrogens with one attached hydrogen (secondary N) is 1. The number of rotatable bonds is 9. The number of aromatic nitrogens is 2. The van der Waals surface area contributed by atoms with Crippen LogP contribution in [0.15, 0.2) is 4.52 Å². The van der Waals surface area contributed by atoms with E-state index in [1.165, 1.54) is 25.7 Å². The van der Waals surface area contributed by atoms with Gasteiger partial charge in [-0.1, -0.05) is 38.8 Å². The summed E-state index contributed by atoms with van der Waals surface area (Å²) in [6.45, 7) is 7.62. The molecule has 1 aromatic rings. The lowest BCUT2D eigenvalue weighted by molar-refractivity contribution is 0.318. The van der Waals surface area contributed by atoms with E-state index < -0.39 is 0 Å². The monoisotopic (exact) mass is 311 g/mol. The van der Waals surface area contributed by atoms with E-state index >= 15 is 0 Å². The number of thioether (sulfide) groups is 1. The molecule has 120 valence electrons. The molecule has 2 rings (SSSR count). The van der Waals surface area contributed by atoms with Crippen molar-refractivity contribution in [3.8, 4) is 0 Å². The first kappa shape index (κ1) is 16.8. The first-order valence-corrected chi connectivity index (χ1v) is 9.46. The van der Waals surface area contributed by atoms with Gasteiger partial charge in [-0.15, -0.1) is 0 Å². The summed E-state index contributed by atoms with van der Waals surface area (Å²) in [7, 11) is 0. The lowest BCUT2D eigenvalue weighted by Crippen LogP contribution is -2.33. The van der Waals surface area contributed by atoms with E-state index in [0.717, 1.165) is 42.1 Å². The van der Waals surface area contributed by atoms with Crippen molar-refractivity contribution >= 4 is 11.8 Å². The highest BCUT2D eigenvalue weighted by atomic mass is 32.2. The van der Waals surface area contributed by atoms with Gasteiger partial charge in [0.05, 0.1) is 11.7 Å². The van der Waals surface area contributed by atoms with E-state index in [2.05, 4.69) is 36.2 Å². The van der Waals surface area contributed by atoms with Crippen molar-refractivity contribution in [2.24, 2.45) is 0 Å². The van der Waals surface area contributed by atoms with Crippen molar-refractivity contribution in [3.63, 3.8) is 0 Å². The lowest BCUT2D eigenvalue weighted by atomic mass is 9.99. The number of hydrogen-bond donors (Lipinski definition) is 1. The van der Waals surface area contributed by atoms with Crippen LogP contribution in [0.2, 0.25) is 0 Å². The quantitative estimate of drug-likeness (QED) is 0.743. The van der Waals surface area contributed by atoms with Crippen LogP contribution in [0, 0.1) is 0 Å². The van der Waals surface area contributed by atoms with E-state index in [9.17, 15) is 0 Å². The van der Waals surface area contributed by atoms with Gasteiger partial charge in [0.25, 0.3) is 0 Å². The Morgan fingerprint density at radius 3 is 2.76 bits per heavy atom. The van der Waals surface area contributed by atoms with Gasteiger partial charge in [0.1, 0.15) is 0 Å². The molecule has 1 heterocycles. The molecule has 1 fully saturated rings. The molecule has 1 aliphatic rings. The molecule has 2 unspecified atom stereocenters. The van der Waals surface area contributed by atoms with Crippen molar-refractivity contribution in [2.75, 3.05) is 6.54 Å². The van der Waals surface area contributed by atoms with Crippen LogP contribution in [-0.2, 0) is 5.75 Å². The topological polar surface area (TPSA) is 51.0 Å². The average molecular weight is 311 g/mol. The van der Waals surface area contributed by atoms with E-state index in [1.807, 2.05) is 11.8 Å². The second-order valence-corrected chi connectivity index (χ2v) is 7.31. The molecule has 0 saturated heterocycles. The summed E-state index contributed by atoms with van der Waals surface area (Å²) in [6.07, 6.45) is 7.70. The molecule has 0 aromatic carbocycles.